The highest BCUT2D eigenvalue weighted by atomic mass is 35.5. The van der Waals surface area contributed by atoms with Crippen LogP contribution in [-0.4, -0.2) is 34.9 Å². The molecule has 156 valence electrons. The molecule has 1 N–H and O–H groups in total. The molecule has 2 aromatic carbocycles. The van der Waals surface area contributed by atoms with Crippen LogP contribution < -0.4 is 10.1 Å². The van der Waals surface area contributed by atoms with Crippen molar-refractivity contribution in [2.75, 3.05) is 6.61 Å². The minimum Gasteiger partial charge on any atom is -0.484 e. The van der Waals surface area contributed by atoms with Gasteiger partial charge in [0.15, 0.2) is 6.61 Å². The summed E-state index contributed by atoms with van der Waals surface area (Å²) in [5.74, 6) is 0.0966. The number of ether oxygens (including phenoxy) is 1. The van der Waals surface area contributed by atoms with Gasteiger partial charge in [0.1, 0.15) is 11.8 Å². The predicted molar refractivity (Wildman–Crippen MR) is 116 cm³/mol. The van der Waals surface area contributed by atoms with Crippen molar-refractivity contribution in [3.63, 3.8) is 0 Å². The molecular formula is C23H29ClN2O3. The molecule has 0 fully saturated rings. The van der Waals surface area contributed by atoms with Gasteiger partial charge in [0.25, 0.3) is 5.91 Å². The Bertz CT molecular complexity index is 861. The van der Waals surface area contributed by atoms with Crippen LogP contribution in [0.15, 0.2) is 48.5 Å². The van der Waals surface area contributed by atoms with Crippen molar-refractivity contribution in [2.45, 2.75) is 52.7 Å². The van der Waals surface area contributed by atoms with E-state index in [1.54, 1.807) is 19.1 Å². The summed E-state index contributed by atoms with van der Waals surface area (Å²) in [6.07, 6.45) is 0. The smallest absolute Gasteiger partial charge is 0.261 e. The second-order valence-corrected chi connectivity index (χ2v) is 8.54. The van der Waals surface area contributed by atoms with E-state index in [1.165, 1.54) is 4.90 Å². The summed E-state index contributed by atoms with van der Waals surface area (Å²) in [4.78, 5) is 27.2. The van der Waals surface area contributed by atoms with E-state index in [0.29, 0.717) is 10.8 Å². The highest BCUT2D eigenvalue weighted by Crippen LogP contribution is 2.19. The Morgan fingerprint density at radius 1 is 1.14 bits per heavy atom. The molecule has 6 heteroatoms. The van der Waals surface area contributed by atoms with Gasteiger partial charge in [-0.15, -0.1) is 0 Å². The fraction of sp³-hybridized carbons (Fsp3) is 0.391. The molecule has 0 aliphatic carbocycles. The van der Waals surface area contributed by atoms with Crippen LogP contribution in [0.4, 0.5) is 0 Å². The molecular weight excluding hydrogens is 388 g/mol. The summed E-state index contributed by atoms with van der Waals surface area (Å²) >= 11 is 6.28. The van der Waals surface area contributed by atoms with E-state index < -0.39 is 11.6 Å². The summed E-state index contributed by atoms with van der Waals surface area (Å²) in [5.41, 5.74) is 1.41. The first-order valence-electron chi connectivity index (χ1n) is 9.61. The fourth-order valence-electron chi connectivity index (χ4n) is 2.80. The van der Waals surface area contributed by atoms with Crippen molar-refractivity contribution in [1.82, 2.24) is 10.2 Å². The molecule has 0 heterocycles. The summed E-state index contributed by atoms with van der Waals surface area (Å²) in [6, 6.07) is 14.1. The number of nitrogens with one attached hydrogen (secondary N) is 1. The number of amides is 2. The predicted octanol–water partition coefficient (Wildman–Crippen LogP) is 4.36. The summed E-state index contributed by atoms with van der Waals surface area (Å²) in [6.45, 7) is 9.42. The van der Waals surface area contributed by atoms with Gasteiger partial charge < -0.3 is 15.0 Å². The Morgan fingerprint density at radius 3 is 2.45 bits per heavy atom. The average molecular weight is 417 g/mol. The Morgan fingerprint density at radius 2 is 1.83 bits per heavy atom. The maximum Gasteiger partial charge on any atom is 0.261 e. The van der Waals surface area contributed by atoms with E-state index in [-0.39, 0.29) is 25.0 Å². The molecule has 29 heavy (non-hydrogen) atoms. The lowest BCUT2D eigenvalue weighted by Crippen LogP contribution is -2.53. The second-order valence-electron chi connectivity index (χ2n) is 8.13. The Labute approximate surface area is 178 Å². The first-order chi connectivity index (χ1) is 13.6. The number of benzene rings is 2. The van der Waals surface area contributed by atoms with Gasteiger partial charge in [0.2, 0.25) is 5.91 Å². The number of rotatable bonds is 7. The number of carbonyl (C=O) groups is 2. The van der Waals surface area contributed by atoms with Crippen LogP contribution in [0, 0.1) is 6.92 Å². The summed E-state index contributed by atoms with van der Waals surface area (Å²) < 4.78 is 5.67. The minimum atomic E-state index is -0.681. The molecule has 0 saturated heterocycles. The Kier molecular flexibility index (Phi) is 7.68. The molecule has 0 unspecified atom stereocenters. The highest BCUT2D eigenvalue weighted by molar-refractivity contribution is 6.31. The normalized spacial score (nSPS) is 12.2. The second kappa shape index (κ2) is 9.79. The average Bonchev–Trinajstić information content (AvgIpc) is 2.63. The number of halogens is 1. The van der Waals surface area contributed by atoms with Gasteiger partial charge in [-0.1, -0.05) is 41.9 Å². The minimum absolute atomic E-state index is 0.166. The van der Waals surface area contributed by atoms with Crippen LogP contribution >= 0.6 is 11.6 Å². The molecule has 2 aromatic rings. The maximum absolute atomic E-state index is 13.0. The lowest BCUT2D eigenvalue weighted by molar-refractivity contribution is -0.142. The lowest BCUT2D eigenvalue weighted by Gasteiger charge is -2.31. The number of aryl methyl sites for hydroxylation is 1. The molecule has 0 bridgehead atoms. The fourth-order valence-corrected chi connectivity index (χ4v) is 3.00. The number of hydrogen-bond donors (Lipinski definition) is 1. The van der Waals surface area contributed by atoms with Crippen molar-refractivity contribution in [1.29, 1.82) is 0 Å². The van der Waals surface area contributed by atoms with E-state index >= 15 is 0 Å². The number of nitrogens with zero attached hydrogens (tertiary/aromatic N) is 1. The van der Waals surface area contributed by atoms with Crippen LogP contribution in [-0.2, 0) is 16.1 Å². The molecule has 2 rings (SSSR count). The van der Waals surface area contributed by atoms with Gasteiger partial charge in [-0.2, -0.15) is 0 Å². The molecule has 1 atom stereocenters. The standard InChI is InChI=1S/C23H29ClN2O3/c1-16-9-8-11-19(13-16)29-15-21(27)26(14-18-10-6-7-12-20(18)24)17(2)22(28)25-23(3,4)5/h6-13,17H,14-15H2,1-5H3,(H,25,28)/t17-/m1/s1. The Hall–Kier alpha value is -2.53. The van der Waals surface area contributed by atoms with Gasteiger partial charge in [0, 0.05) is 17.1 Å². The van der Waals surface area contributed by atoms with Crippen LogP contribution in [0.25, 0.3) is 0 Å². The SMILES string of the molecule is Cc1cccc(OCC(=O)N(Cc2ccccc2Cl)[C@H](C)C(=O)NC(C)(C)C)c1. The van der Waals surface area contributed by atoms with Crippen molar-refractivity contribution >= 4 is 23.4 Å². The molecule has 2 amide bonds. The first-order valence-corrected chi connectivity index (χ1v) is 9.99. The lowest BCUT2D eigenvalue weighted by atomic mass is 10.1. The molecule has 0 aromatic heterocycles. The maximum atomic E-state index is 13.0. The zero-order valence-electron chi connectivity index (χ0n) is 17.7. The topological polar surface area (TPSA) is 58.6 Å². The quantitative estimate of drug-likeness (QED) is 0.729. The number of hydrogen-bond acceptors (Lipinski definition) is 3. The molecule has 0 spiro atoms. The zero-order valence-corrected chi connectivity index (χ0v) is 18.4. The molecule has 0 aliphatic rings. The van der Waals surface area contributed by atoms with Gasteiger partial charge >= 0.3 is 0 Å². The highest BCUT2D eigenvalue weighted by Gasteiger charge is 2.29. The summed E-state index contributed by atoms with van der Waals surface area (Å²) in [5, 5.41) is 3.48. The first kappa shape index (κ1) is 22.8. The third kappa shape index (κ3) is 7.09. The monoisotopic (exact) mass is 416 g/mol. The van der Waals surface area contributed by atoms with Crippen molar-refractivity contribution in [3.8, 4) is 5.75 Å². The van der Waals surface area contributed by atoms with Gasteiger partial charge in [-0.25, -0.2) is 0 Å². The number of carbonyl (C=O) groups excluding carboxylic acids is 2. The van der Waals surface area contributed by atoms with Crippen LogP contribution in [0.2, 0.25) is 5.02 Å². The van der Waals surface area contributed by atoms with E-state index in [4.69, 9.17) is 16.3 Å². The Balaban J connectivity index is 2.19. The van der Waals surface area contributed by atoms with Gasteiger partial charge in [-0.3, -0.25) is 9.59 Å². The largest absolute Gasteiger partial charge is 0.484 e. The van der Waals surface area contributed by atoms with Crippen LogP contribution in [0.3, 0.4) is 0 Å². The molecule has 0 aliphatic heterocycles. The van der Waals surface area contributed by atoms with E-state index in [2.05, 4.69) is 5.32 Å². The third-order valence-corrected chi connectivity index (χ3v) is 4.68. The van der Waals surface area contributed by atoms with Gasteiger partial charge in [0.05, 0.1) is 0 Å². The summed E-state index contributed by atoms with van der Waals surface area (Å²) in [7, 11) is 0. The zero-order chi connectivity index (χ0) is 21.6. The van der Waals surface area contributed by atoms with Crippen molar-refractivity contribution in [3.05, 3.63) is 64.7 Å². The third-order valence-electron chi connectivity index (χ3n) is 4.32. The molecule has 5 nitrogen and oxygen atoms in total. The molecule has 0 radical (unpaired) electrons. The van der Waals surface area contributed by atoms with Crippen molar-refractivity contribution in [2.24, 2.45) is 0 Å². The van der Waals surface area contributed by atoms with Crippen LogP contribution in [0.5, 0.6) is 5.75 Å². The molecule has 0 saturated carbocycles. The van der Waals surface area contributed by atoms with E-state index in [0.717, 1.165) is 11.1 Å². The van der Waals surface area contributed by atoms with Crippen molar-refractivity contribution < 1.29 is 14.3 Å². The van der Waals surface area contributed by atoms with Crippen LogP contribution in [0.1, 0.15) is 38.8 Å². The van der Waals surface area contributed by atoms with Gasteiger partial charge in [-0.05, 0) is 63.9 Å². The van der Waals surface area contributed by atoms with E-state index in [9.17, 15) is 9.59 Å². The van der Waals surface area contributed by atoms with E-state index in [1.807, 2.05) is 64.1 Å².